The van der Waals surface area contributed by atoms with Crippen molar-refractivity contribution in [2.45, 2.75) is 53.4 Å². The maximum atomic E-state index is 11.2. The third-order valence-corrected chi connectivity index (χ3v) is 3.71. The number of rotatable bonds is 5. The van der Waals surface area contributed by atoms with Crippen LogP contribution in [0.2, 0.25) is 0 Å². The maximum Gasteiger partial charge on any atom is 0.310 e. The number of unbranched alkanes of at least 4 members (excludes halogenated alkanes) is 1. The van der Waals surface area contributed by atoms with E-state index in [1.165, 1.54) is 11.6 Å². The highest BCUT2D eigenvalue weighted by Gasteiger charge is 2.08. The summed E-state index contributed by atoms with van der Waals surface area (Å²) >= 11 is 0. The summed E-state index contributed by atoms with van der Waals surface area (Å²) in [5, 5.41) is 18.4. The molecule has 0 atom stereocenters. The number of phenolic OH excluding ortho intramolecular Hbond substituents is 2. The number of carbonyl (C=O) groups excluding carboxylic acids is 1. The van der Waals surface area contributed by atoms with Crippen molar-refractivity contribution in [2.75, 3.05) is 0 Å². The molecule has 4 nitrogen and oxygen atoms in total. The van der Waals surface area contributed by atoms with Crippen LogP contribution in [0, 0.1) is 13.8 Å². The second-order valence-corrected chi connectivity index (χ2v) is 6.01. The number of ether oxygens (including phenoxy) is 1. The number of aryl methyl sites for hydroxylation is 3. The van der Waals surface area contributed by atoms with Crippen LogP contribution in [-0.2, 0) is 11.2 Å². The zero-order chi connectivity index (χ0) is 18.8. The van der Waals surface area contributed by atoms with Gasteiger partial charge in [0.25, 0.3) is 0 Å². The van der Waals surface area contributed by atoms with E-state index in [-0.39, 0.29) is 11.7 Å². The van der Waals surface area contributed by atoms with Crippen LogP contribution in [0.15, 0.2) is 36.4 Å². The number of hydrogen-bond acceptors (Lipinski definition) is 4. The van der Waals surface area contributed by atoms with Gasteiger partial charge < -0.3 is 14.9 Å². The monoisotopic (exact) mass is 344 g/mol. The Kier molecular flexibility index (Phi) is 8.54. The van der Waals surface area contributed by atoms with Crippen molar-refractivity contribution in [1.29, 1.82) is 0 Å². The normalized spacial score (nSPS) is 9.92. The number of carbonyl (C=O) groups is 1. The predicted molar refractivity (Wildman–Crippen MR) is 100 cm³/mol. The van der Waals surface area contributed by atoms with Gasteiger partial charge in [-0.3, -0.25) is 4.79 Å². The Morgan fingerprint density at radius 2 is 1.76 bits per heavy atom. The van der Waals surface area contributed by atoms with E-state index >= 15 is 0 Å². The van der Waals surface area contributed by atoms with E-state index in [2.05, 4.69) is 6.92 Å². The fourth-order valence-electron chi connectivity index (χ4n) is 2.23. The second kappa shape index (κ2) is 10.4. The lowest BCUT2D eigenvalue weighted by molar-refractivity contribution is -0.134. The number of benzene rings is 2. The Morgan fingerprint density at radius 3 is 2.32 bits per heavy atom. The van der Waals surface area contributed by atoms with Crippen molar-refractivity contribution in [3.8, 4) is 17.2 Å². The lowest BCUT2D eigenvalue weighted by atomic mass is 10.1. The van der Waals surface area contributed by atoms with Gasteiger partial charge in [-0.25, -0.2) is 0 Å². The molecule has 0 radical (unpaired) electrons. The molecular weight excluding hydrogens is 316 g/mol. The van der Waals surface area contributed by atoms with Crippen LogP contribution in [0.25, 0.3) is 0 Å². The Bertz CT molecular complexity index is 692. The van der Waals surface area contributed by atoms with E-state index in [4.69, 9.17) is 9.84 Å². The molecule has 0 heterocycles. The molecule has 0 aromatic heterocycles. The summed E-state index contributed by atoms with van der Waals surface area (Å²) in [6, 6.07) is 10.4. The molecule has 0 aliphatic heterocycles. The number of phenols is 2. The molecule has 0 fully saturated rings. The lowest BCUT2D eigenvalue weighted by Crippen LogP contribution is -2.07. The first-order valence-electron chi connectivity index (χ1n) is 8.66. The SMILES string of the molecule is CCCCc1cc(O)ccc1OC(=O)CC.Cc1ccc(O)c(C)c1. The number of esters is 1. The van der Waals surface area contributed by atoms with Crippen molar-refractivity contribution in [3.05, 3.63) is 53.1 Å². The van der Waals surface area contributed by atoms with Gasteiger partial charge in [-0.05, 0) is 62.1 Å². The largest absolute Gasteiger partial charge is 0.508 e. The van der Waals surface area contributed by atoms with Crippen molar-refractivity contribution in [2.24, 2.45) is 0 Å². The zero-order valence-corrected chi connectivity index (χ0v) is 15.5. The van der Waals surface area contributed by atoms with Gasteiger partial charge in [0, 0.05) is 6.42 Å². The summed E-state index contributed by atoms with van der Waals surface area (Å²) in [4.78, 5) is 11.2. The van der Waals surface area contributed by atoms with Gasteiger partial charge in [-0.2, -0.15) is 0 Å². The van der Waals surface area contributed by atoms with E-state index in [0.717, 1.165) is 30.4 Å². The molecule has 0 saturated heterocycles. The molecule has 25 heavy (non-hydrogen) atoms. The van der Waals surface area contributed by atoms with Crippen LogP contribution in [-0.4, -0.2) is 16.2 Å². The molecule has 2 aromatic carbocycles. The van der Waals surface area contributed by atoms with E-state index in [1.54, 1.807) is 25.1 Å². The summed E-state index contributed by atoms with van der Waals surface area (Å²) in [7, 11) is 0. The van der Waals surface area contributed by atoms with Gasteiger partial charge in [0.2, 0.25) is 0 Å². The number of aromatic hydroxyl groups is 2. The summed E-state index contributed by atoms with van der Waals surface area (Å²) in [6.07, 6.45) is 3.25. The van der Waals surface area contributed by atoms with Crippen molar-refractivity contribution in [3.63, 3.8) is 0 Å². The highest BCUT2D eigenvalue weighted by Crippen LogP contribution is 2.25. The van der Waals surface area contributed by atoms with Crippen LogP contribution < -0.4 is 4.74 Å². The summed E-state index contributed by atoms with van der Waals surface area (Å²) in [5.41, 5.74) is 3.02. The van der Waals surface area contributed by atoms with Gasteiger partial charge in [-0.1, -0.05) is 38.0 Å². The first-order valence-corrected chi connectivity index (χ1v) is 8.66. The quantitative estimate of drug-likeness (QED) is 0.588. The fourth-order valence-corrected chi connectivity index (χ4v) is 2.23. The van der Waals surface area contributed by atoms with Crippen LogP contribution >= 0.6 is 0 Å². The van der Waals surface area contributed by atoms with Crippen LogP contribution in [0.5, 0.6) is 17.2 Å². The minimum atomic E-state index is -0.247. The summed E-state index contributed by atoms with van der Waals surface area (Å²) in [5.74, 6) is 0.907. The first-order chi connectivity index (χ1) is 11.9. The maximum absolute atomic E-state index is 11.2. The van der Waals surface area contributed by atoms with E-state index in [9.17, 15) is 9.90 Å². The topological polar surface area (TPSA) is 66.8 Å². The van der Waals surface area contributed by atoms with Gasteiger partial charge in [0.05, 0.1) is 0 Å². The van der Waals surface area contributed by atoms with Crippen LogP contribution in [0.4, 0.5) is 0 Å². The number of hydrogen-bond donors (Lipinski definition) is 2. The molecule has 0 bridgehead atoms. The van der Waals surface area contributed by atoms with Crippen LogP contribution in [0.3, 0.4) is 0 Å². The molecule has 2 rings (SSSR count). The Morgan fingerprint density at radius 1 is 1.04 bits per heavy atom. The highest BCUT2D eigenvalue weighted by molar-refractivity contribution is 5.72. The van der Waals surface area contributed by atoms with E-state index < -0.39 is 0 Å². The average molecular weight is 344 g/mol. The smallest absolute Gasteiger partial charge is 0.310 e. The Hall–Kier alpha value is -2.49. The van der Waals surface area contributed by atoms with Gasteiger partial charge >= 0.3 is 5.97 Å². The zero-order valence-electron chi connectivity index (χ0n) is 15.5. The van der Waals surface area contributed by atoms with Crippen molar-refractivity contribution in [1.82, 2.24) is 0 Å². The standard InChI is InChI=1S/C13H18O3.C8H10O/c1-3-5-6-10-9-11(14)7-8-12(10)16-13(15)4-2;1-6-3-4-8(9)7(2)5-6/h7-9,14H,3-6H2,1-2H3;3-5,9H,1-2H3. The molecule has 0 aliphatic rings. The Labute approximate surface area is 150 Å². The summed E-state index contributed by atoms with van der Waals surface area (Å²) in [6.45, 7) is 7.75. The third-order valence-electron chi connectivity index (χ3n) is 3.71. The second-order valence-electron chi connectivity index (χ2n) is 6.01. The minimum absolute atomic E-state index is 0.211. The fraction of sp³-hybridized carbons (Fsp3) is 0.381. The molecule has 0 unspecified atom stereocenters. The van der Waals surface area contributed by atoms with Crippen molar-refractivity contribution >= 4 is 5.97 Å². The van der Waals surface area contributed by atoms with Gasteiger partial charge in [-0.15, -0.1) is 0 Å². The molecule has 0 spiro atoms. The molecule has 0 saturated carbocycles. The third kappa shape index (κ3) is 7.29. The molecular formula is C21H28O4. The summed E-state index contributed by atoms with van der Waals surface area (Å²) < 4.78 is 5.20. The van der Waals surface area contributed by atoms with E-state index in [1.807, 2.05) is 26.0 Å². The van der Waals surface area contributed by atoms with Crippen molar-refractivity contribution < 1.29 is 19.7 Å². The minimum Gasteiger partial charge on any atom is -0.508 e. The first kappa shape index (κ1) is 20.6. The Balaban J connectivity index is 0.000000293. The highest BCUT2D eigenvalue weighted by atomic mass is 16.5. The molecule has 0 amide bonds. The molecule has 136 valence electrons. The van der Waals surface area contributed by atoms with Gasteiger partial charge in [0.1, 0.15) is 17.2 Å². The van der Waals surface area contributed by atoms with Gasteiger partial charge in [0.15, 0.2) is 0 Å². The van der Waals surface area contributed by atoms with E-state index in [0.29, 0.717) is 17.9 Å². The molecule has 0 aliphatic carbocycles. The lowest BCUT2D eigenvalue weighted by Gasteiger charge is -2.09. The predicted octanol–water partition coefficient (Wildman–Crippen LogP) is 5.06. The van der Waals surface area contributed by atoms with Crippen LogP contribution in [0.1, 0.15) is 49.8 Å². The molecule has 2 N–H and O–H groups in total. The average Bonchev–Trinajstić information content (AvgIpc) is 2.59. The molecule has 2 aromatic rings. The molecule has 4 heteroatoms.